The lowest BCUT2D eigenvalue weighted by Crippen LogP contribution is -2.24. The predicted octanol–water partition coefficient (Wildman–Crippen LogP) is 1.03. The van der Waals surface area contributed by atoms with Crippen molar-refractivity contribution in [2.24, 2.45) is 0 Å². The molecule has 1 aromatic heterocycles. The third-order valence-electron chi connectivity index (χ3n) is 2.50. The fraction of sp³-hybridized carbons (Fsp3) is 0.600. The van der Waals surface area contributed by atoms with Gasteiger partial charge >= 0.3 is 0 Å². The molecule has 1 aliphatic heterocycles. The molecule has 1 unspecified atom stereocenters. The van der Waals surface area contributed by atoms with E-state index in [-0.39, 0.29) is 0 Å². The second kappa shape index (κ2) is 4.91. The van der Waals surface area contributed by atoms with Crippen LogP contribution in [0.3, 0.4) is 0 Å². The fourth-order valence-electron chi connectivity index (χ4n) is 1.75. The maximum absolute atomic E-state index is 4.10. The average Bonchev–Trinajstić information content (AvgIpc) is 2.72. The first-order valence-corrected chi connectivity index (χ1v) is 5.19. The second-order valence-corrected chi connectivity index (χ2v) is 3.58. The van der Waals surface area contributed by atoms with Gasteiger partial charge in [0.25, 0.3) is 0 Å². The highest BCUT2D eigenvalue weighted by molar-refractivity contribution is 5.21. The molecule has 0 radical (unpaired) electrons. The molecule has 1 aromatic rings. The molecule has 0 amide bonds. The minimum absolute atomic E-state index is 0.686. The highest BCUT2D eigenvalue weighted by Crippen LogP contribution is 2.08. The average molecular weight is 192 g/mol. The van der Waals surface area contributed by atoms with Crippen molar-refractivity contribution >= 4 is 5.95 Å². The van der Waals surface area contributed by atoms with Crippen LogP contribution in [0.1, 0.15) is 19.3 Å². The molecule has 1 fully saturated rings. The third kappa shape index (κ3) is 2.67. The number of hydrogen-bond donors (Lipinski definition) is 2. The van der Waals surface area contributed by atoms with Gasteiger partial charge in [-0.1, -0.05) is 0 Å². The molecule has 0 bridgehead atoms. The van der Waals surface area contributed by atoms with E-state index in [0.29, 0.717) is 6.04 Å². The summed E-state index contributed by atoms with van der Waals surface area (Å²) in [5, 5.41) is 6.67. The van der Waals surface area contributed by atoms with Crippen LogP contribution >= 0.6 is 0 Å². The standard InChI is InChI=1S/C10H16N4/c1-3-9(11-5-1)4-8-14-10-12-6-2-7-13-10/h2,6-7,9,11H,1,3-5,8H2,(H,12,13,14). The zero-order valence-corrected chi connectivity index (χ0v) is 8.24. The Hall–Kier alpha value is -1.16. The summed E-state index contributed by atoms with van der Waals surface area (Å²) < 4.78 is 0. The largest absolute Gasteiger partial charge is 0.354 e. The van der Waals surface area contributed by atoms with Crippen LogP contribution in [0, 0.1) is 0 Å². The molecule has 0 aliphatic carbocycles. The number of nitrogens with zero attached hydrogens (tertiary/aromatic N) is 2. The van der Waals surface area contributed by atoms with Gasteiger partial charge in [0.05, 0.1) is 0 Å². The summed E-state index contributed by atoms with van der Waals surface area (Å²) in [6.45, 7) is 2.12. The van der Waals surface area contributed by atoms with Crippen LogP contribution in [-0.2, 0) is 0 Å². The van der Waals surface area contributed by atoms with Crippen molar-refractivity contribution in [2.75, 3.05) is 18.4 Å². The van der Waals surface area contributed by atoms with E-state index < -0.39 is 0 Å². The van der Waals surface area contributed by atoms with E-state index in [2.05, 4.69) is 20.6 Å². The van der Waals surface area contributed by atoms with Gasteiger partial charge in [-0.25, -0.2) is 9.97 Å². The van der Waals surface area contributed by atoms with Crippen LogP contribution in [0.15, 0.2) is 18.5 Å². The summed E-state index contributed by atoms with van der Waals surface area (Å²) in [5.74, 6) is 0.727. The lowest BCUT2D eigenvalue weighted by atomic mass is 10.1. The monoisotopic (exact) mass is 192 g/mol. The molecule has 2 heterocycles. The van der Waals surface area contributed by atoms with Crippen molar-refractivity contribution in [1.29, 1.82) is 0 Å². The maximum atomic E-state index is 4.10. The molecule has 2 N–H and O–H groups in total. The molecule has 76 valence electrons. The van der Waals surface area contributed by atoms with Gasteiger partial charge < -0.3 is 10.6 Å². The number of nitrogens with one attached hydrogen (secondary N) is 2. The van der Waals surface area contributed by atoms with E-state index in [4.69, 9.17) is 0 Å². The van der Waals surface area contributed by atoms with Crippen molar-refractivity contribution in [3.05, 3.63) is 18.5 Å². The molecule has 2 rings (SSSR count). The van der Waals surface area contributed by atoms with E-state index in [0.717, 1.165) is 18.9 Å². The summed E-state index contributed by atoms with van der Waals surface area (Å²) in [5.41, 5.74) is 0. The molecule has 14 heavy (non-hydrogen) atoms. The van der Waals surface area contributed by atoms with Crippen molar-refractivity contribution in [3.63, 3.8) is 0 Å². The van der Waals surface area contributed by atoms with Gasteiger partial charge in [0, 0.05) is 25.0 Å². The molecular formula is C10H16N4. The Morgan fingerprint density at radius 3 is 3.00 bits per heavy atom. The Bertz CT molecular complexity index is 256. The first-order valence-electron chi connectivity index (χ1n) is 5.19. The van der Waals surface area contributed by atoms with Gasteiger partial charge in [0.2, 0.25) is 5.95 Å². The van der Waals surface area contributed by atoms with Crippen molar-refractivity contribution in [2.45, 2.75) is 25.3 Å². The van der Waals surface area contributed by atoms with E-state index >= 15 is 0 Å². The van der Waals surface area contributed by atoms with Crippen molar-refractivity contribution in [1.82, 2.24) is 15.3 Å². The predicted molar refractivity (Wildman–Crippen MR) is 56.2 cm³/mol. The van der Waals surface area contributed by atoms with Crippen LogP contribution in [0.5, 0.6) is 0 Å². The summed E-state index contributed by atoms with van der Waals surface area (Å²) in [4.78, 5) is 8.20. The molecule has 4 heteroatoms. The SMILES string of the molecule is c1cnc(NCCC2CCCN2)nc1. The van der Waals surface area contributed by atoms with Gasteiger partial charge in [0.1, 0.15) is 0 Å². The molecule has 1 atom stereocenters. The number of anilines is 1. The van der Waals surface area contributed by atoms with E-state index in [1.165, 1.54) is 19.4 Å². The van der Waals surface area contributed by atoms with Crippen LogP contribution < -0.4 is 10.6 Å². The van der Waals surface area contributed by atoms with Gasteiger partial charge in [0.15, 0.2) is 0 Å². The smallest absolute Gasteiger partial charge is 0.222 e. The quantitative estimate of drug-likeness (QED) is 0.748. The molecule has 4 nitrogen and oxygen atoms in total. The molecule has 1 saturated heterocycles. The van der Waals surface area contributed by atoms with E-state index in [1.807, 2.05) is 6.07 Å². The zero-order valence-electron chi connectivity index (χ0n) is 8.24. The van der Waals surface area contributed by atoms with Crippen LogP contribution in [-0.4, -0.2) is 29.1 Å². The minimum Gasteiger partial charge on any atom is -0.354 e. The number of hydrogen-bond acceptors (Lipinski definition) is 4. The number of rotatable bonds is 4. The summed E-state index contributed by atoms with van der Waals surface area (Å²) in [6, 6.07) is 2.51. The molecule has 0 saturated carbocycles. The molecule has 0 spiro atoms. The zero-order chi connectivity index (χ0) is 9.64. The fourth-order valence-corrected chi connectivity index (χ4v) is 1.75. The summed E-state index contributed by atoms with van der Waals surface area (Å²) >= 11 is 0. The van der Waals surface area contributed by atoms with Crippen molar-refractivity contribution < 1.29 is 0 Å². The van der Waals surface area contributed by atoms with Crippen LogP contribution in [0.25, 0.3) is 0 Å². The lowest BCUT2D eigenvalue weighted by Gasteiger charge is -2.10. The normalized spacial score (nSPS) is 21.0. The second-order valence-electron chi connectivity index (χ2n) is 3.58. The first-order chi connectivity index (χ1) is 6.95. The number of aromatic nitrogens is 2. The Morgan fingerprint density at radius 2 is 2.29 bits per heavy atom. The Labute approximate surface area is 84.2 Å². The summed E-state index contributed by atoms with van der Waals surface area (Å²) in [7, 11) is 0. The minimum atomic E-state index is 0.686. The molecule has 0 aromatic carbocycles. The molecular weight excluding hydrogens is 176 g/mol. The van der Waals surface area contributed by atoms with Gasteiger partial charge in [-0.3, -0.25) is 0 Å². The topological polar surface area (TPSA) is 49.8 Å². The lowest BCUT2D eigenvalue weighted by molar-refractivity contribution is 0.573. The van der Waals surface area contributed by atoms with Crippen molar-refractivity contribution in [3.8, 4) is 0 Å². The highest BCUT2D eigenvalue weighted by Gasteiger charge is 2.12. The maximum Gasteiger partial charge on any atom is 0.222 e. The Kier molecular flexibility index (Phi) is 3.29. The Balaban J connectivity index is 1.67. The van der Waals surface area contributed by atoms with Gasteiger partial charge in [-0.2, -0.15) is 0 Å². The van der Waals surface area contributed by atoms with Crippen LogP contribution in [0.2, 0.25) is 0 Å². The third-order valence-corrected chi connectivity index (χ3v) is 2.50. The molecule has 1 aliphatic rings. The van der Waals surface area contributed by atoms with Gasteiger partial charge in [-0.05, 0) is 31.9 Å². The van der Waals surface area contributed by atoms with E-state index in [1.54, 1.807) is 12.4 Å². The Morgan fingerprint density at radius 1 is 1.43 bits per heavy atom. The van der Waals surface area contributed by atoms with Crippen LogP contribution in [0.4, 0.5) is 5.95 Å². The summed E-state index contributed by atoms with van der Waals surface area (Å²) in [6.07, 6.45) is 7.27. The van der Waals surface area contributed by atoms with E-state index in [9.17, 15) is 0 Å². The highest BCUT2D eigenvalue weighted by atomic mass is 15.1. The first kappa shape index (κ1) is 9.40. The van der Waals surface area contributed by atoms with Gasteiger partial charge in [-0.15, -0.1) is 0 Å².